The summed E-state index contributed by atoms with van der Waals surface area (Å²) in [5.41, 5.74) is 2.40. The van der Waals surface area contributed by atoms with Gasteiger partial charge in [-0.25, -0.2) is 4.98 Å². The van der Waals surface area contributed by atoms with Crippen LogP contribution in [0, 0.1) is 6.92 Å². The number of fused-ring (bicyclic) bond motifs is 1. The number of hydrogen-bond donors (Lipinski definition) is 2. The molecule has 0 amide bonds. The number of nitrogens with zero attached hydrogens (tertiary/aromatic N) is 1. The lowest BCUT2D eigenvalue weighted by atomic mass is 10.2. The summed E-state index contributed by atoms with van der Waals surface area (Å²) < 4.78 is 0. The zero-order valence-corrected chi connectivity index (χ0v) is 6.52. The van der Waals surface area contributed by atoms with Gasteiger partial charge in [-0.1, -0.05) is 0 Å². The molecule has 1 aromatic heterocycles. The highest BCUT2D eigenvalue weighted by Gasteiger charge is 2.09. The first-order valence-electron chi connectivity index (χ1n) is 3.81. The Morgan fingerprint density at radius 1 is 1.36 bits per heavy atom. The molecular weight excluding hydrogens is 138 g/mol. The summed E-state index contributed by atoms with van der Waals surface area (Å²) in [6.07, 6.45) is 1.83. The topological polar surface area (TPSA) is 37.0 Å². The number of nitrogens with one attached hydrogen (secondary N) is 2. The standard InChI is InChI=1S/C8H11N3/c1-6-2-3-10-8-7(6)9-4-5-11-8/h2-3,9H,4-5H2,1H3,(H,10,11). The number of hydrogen-bond acceptors (Lipinski definition) is 3. The second-order valence-electron chi connectivity index (χ2n) is 2.71. The van der Waals surface area contributed by atoms with Gasteiger partial charge in [-0.3, -0.25) is 0 Å². The van der Waals surface area contributed by atoms with Crippen LogP contribution in [0.4, 0.5) is 11.5 Å². The summed E-state index contributed by atoms with van der Waals surface area (Å²) in [4.78, 5) is 4.21. The minimum atomic E-state index is 0.962. The van der Waals surface area contributed by atoms with Crippen LogP contribution in [0.25, 0.3) is 0 Å². The number of aryl methyl sites for hydroxylation is 1. The van der Waals surface area contributed by atoms with Crippen molar-refractivity contribution in [3.05, 3.63) is 17.8 Å². The van der Waals surface area contributed by atoms with Gasteiger partial charge in [0.15, 0.2) is 0 Å². The highest BCUT2D eigenvalue weighted by molar-refractivity contribution is 5.69. The fourth-order valence-electron chi connectivity index (χ4n) is 1.28. The van der Waals surface area contributed by atoms with Gasteiger partial charge >= 0.3 is 0 Å². The molecule has 1 aliphatic rings. The Bertz CT molecular complexity index is 270. The summed E-state index contributed by atoms with van der Waals surface area (Å²) in [6.45, 7) is 4.03. The molecule has 0 aromatic carbocycles. The van der Waals surface area contributed by atoms with Crippen molar-refractivity contribution in [2.45, 2.75) is 6.92 Å². The zero-order valence-electron chi connectivity index (χ0n) is 6.52. The third-order valence-electron chi connectivity index (χ3n) is 1.88. The average molecular weight is 149 g/mol. The lowest BCUT2D eigenvalue weighted by molar-refractivity contribution is 1.01. The van der Waals surface area contributed by atoms with Crippen LogP contribution in [-0.4, -0.2) is 18.1 Å². The van der Waals surface area contributed by atoms with Crippen molar-refractivity contribution >= 4 is 11.5 Å². The van der Waals surface area contributed by atoms with Gasteiger partial charge in [0.25, 0.3) is 0 Å². The van der Waals surface area contributed by atoms with Crippen LogP contribution in [0.2, 0.25) is 0 Å². The van der Waals surface area contributed by atoms with E-state index in [-0.39, 0.29) is 0 Å². The Hall–Kier alpha value is -1.25. The van der Waals surface area contributed by atoms with Crippen LogP contribution in [0.1, 0.15) is 5.56 Å². The molecule has 2 heterocycles. The van der Waals surface area contributed by atoms with E-state index in [4.69, 9.17) is 0 Å². The van der Waals surface area contributed by atoms with Crippen molar-refractivity contribution in [1.82, 2.24) is 4.98 Å². The van der Waals surface area contributed by atoms with E-state index in [0.717, 1.165) is 24.6 Å². The minimum absolute atomic E-state index is 0.962. The second kappa shape index (κ2) is 2.42. The number of pyridine rings is 1. The van der Waals surface area contributed by atoms with Crippen molar-refractivity contribution in [1.29, 1.82) is 0 Å². The Labute approximate surface area is 65.8 Å². The lowest BCUT2D eigenvalue weighted by Crippen LogP contribution is -2.21. The molecule has 3 nitrogen and oxygen atoms in total. The monoisotopic (exact) mass is 149 g/mol. The highest BCUT2D eigenvalue weighted by Crippen LogP contribution is 2.24. The maximum atomic E-state index is 4.21. The predicted octanol–water partition coefficient (Wildman–Crippen LogP) is 1.23. The minimum Gasteiger partial charge on any atom is -0.380 e. The van der Waals surface area contributed by atoms with Gasteiger partial charge in [-0.2, -0.15) is 0 Å². The first-order chi connectivity index (χ1) is 5.38. The molecule has 0 aliphatic carbocycles. The average Bonchev–Trinajstić information content (AvgIpc) is 2.06. The molecule has 58 valence electrons. The van der Waals surface area contributed by atoms with E-state index in [1.807, 2.05) is 12.3 Å². The summed E-state index contributed by atoms with van der Waals surface area (Å²) in [6, 6.07) is 2.01. The molecule has 0 bridgehead atoms. The molecule has 0 saturated carbocycles. The molecule has 0 atom stereocenters. The zero-order chi connectivity index (χ0) is 7.68. The van der Waals surface area contributed by atoms with E-state index < -0.39 is 0 Å². The first kappa shape index (κ1) is 6.46. The Balaban J connectivity index is 2.49. The van der Waals surface area contributed by atoms with E-state index in [9.17, 15) is 0 Å². The van der Waals surface area contributed by atoms with Crippen LogP contribution in [0.3, 0.4) is 0 Å². The molecule has 11 heavy (non-hydrogen) atoms. The van der Waals surface area contributed by atoms with Crippen molar-refractivity contribution in [3.8, 4) is 0 Å². The van der Waals surface area contributed by atoms with Gasteiger partial charge in [0, 0.05) is 19.3 Å². The van der Waals surface area contributed by atoms with Gasteiger partial charge in [0.2, 0.25) is 0 Å². The molecule has 0 saturated heterocycles. The maximum Gasteiger partial charge on any atom is 0.149 e. The van der Waals surface area contributed by atoms with E-state index in [2.05, 4.69) is 22.5 Å². The Morgan fingerprint density at radius 2 is 2.18 bits per heavy atom. The molecule has 0 fully saturated rings. The summed E-state index contributed by atoms with van der Waals surface area (Å²) >= 11 is 0. The van der Waals surface area contributed by atoms with Crippen molar-refractivity contribution in [2.24, 2.45) is 0 Å². The third kappa shape index (κ3) is 1.02. The van der Waals surface area contributed by atoms with Crippen LogP contribution in [0.15, 0.2) is 12.3 Å². The van der Waals surface area contributed by atoms with Gasteiger partial charge in [-0.05, 0) is 18.6 Å². The van der Waals surface area contributed by atoms with E-state index in [1.165, 1.54) is 5.56 Å². The van der Waals surface area contributed by atoms with Crippen molar-refractivity contribution in [2.75, 3.05) is 23.7 Å². The maximum absolute atomic E-state index is 4.21. The van der Waals surface area contributed by atoms with Crippen molar-refractivity contribution < 1.29 is 0 Å². The first-order valence-corrected chi connectivity index (χ1v) is 3.81. The fraction of sp³-hybridized carbons (Fsp3) is 0.375. The Morgan fingerprint density at radius 3 is 3.00 bits per heavy atom. The lowest BCUT2D eigenvalue weighted by Gasteiger charge is -2.19. The third-order valence-corrected chi connectivity index (χ3v) is 1.88. The highest BCUT2D eigenvalue weighted by atomic mass is 15.1. The summed E-state index contributed by atoms with van der Waals surface area (Å²) in [7, 11) is 0. The van der Waals surface area contributed by atoms with E-state index >= 15 is 0 Å². The van der Waals surface area contributed by atoms with Gasteiger partial charge in [0.1, 0.15) is 5.82 Å². The summed E-state index contributed by atoms with van der Waals surface area (Å²) in [5, 5.41) is 6.54. The molecule has 0 unspecified atom stereocenters. The molecule has 0 radical (unpaired) electrons. The SMILES string of the molecule is Cc1ccnc2c1NCCN2. The molecule has 2 rings (SSSR count). The smallest absolute Gasteiger partial charge is 0.149 e. The van der Waals surface area contributed by atoms with Gasteiger partial charge in [-0.15, -0.1) is 0 Å². The van der Waals surface area contributed by atoms with E-state index in [1.54, 1.807) is 0 Å². The van der Waals surface area contributed by atoms with Gasteiger partial charge < -0.3 is 10.6 Å². The second-order valence-corrected chi connectivity index (χ2v) is 2.71. The van der Waals surface area contributed by atoms with Crippen LogP contribution in [-0.2, 0) is 0 Å². The largest absolute Gasteiger partial charge is 0.380 e. The molecule has 1 aromatic rings. The molecule has 1 aliphatic heterocycles. The van der Waals surface area contributed by atoms with Crippen LogP contribution < -0.4 is 10.6 Å². The molecule has 3 heteroatoms. The Kier molecular flexibility index (Phi) is 1.42. The van der Waals surface area contributed by atoms with E-state index in [0.29, 0.717) is 0 Å². The molecule has 0 spiro atoms. The van der Waals surface area contributed by atoms with Crippen LogP contribution >= 0.6 is 0 Å². The predicted molar refractivity (Wildman–Crippen MR) is 46.0 cm³/mol. The number of anilines is 2. The van der Waals surface area contributed by atoms with Gasteiger partial charge in [0.05, 0.1) is 5.69 Å². The normalized spacial score (nSPS) is 14.6. The number of rotatable bonds is 0. The molecular formula is C8H11N3. The van der Waals surface area contributed by atoms with Crippen molar-refractivity contribution in [3.63, 3.8) is 0 Å². The van der Waals surface area contributed by atoms with Crippen LogP contribution in [0.5, 0.6) is 0 Å². The molecule has 2 N–H and O–H groups in total. The fourth-order valence-corrected chi connectivity index (χ4v) is 1.28. The quantitative estimate of drug-likeness (QED) is 0.582. The number of aromatic nitrogens is 1. The summed E-state index contributed by atoms with van der Waals surface area (Å²) in [5.74, 6) is 0.983.